The highest BCUT2D eigenvalue weighted by atomic mass is 16.5. The molecule has 136 valence electrons. The molecule has 2 aromatic carbocycles. The van der Waals surface area contributed by atoms with Crippen LogP contribution in [0.15, 0.2) is 88.4 Å². The molecule has 0 aliphatic heterocycles. The fraction of sp³-hybridized carbons (Fsp3) is 0.0870. The van der Waals surface area contributed by atoms with E-state index in [9.17, 15) is 4.79 Å². The number of nitrogens with zero attached hydrogens (tertiary/aromatic N) is 3. The summed E-state index contributed by atoms with van der Waals surface area (Å²) in [6.45, 7) is 0.439. The summed E-state index contributed by atoms with van der Waals surface area (Å²) in [5.41, 5.74) is 4.16. The molecule has 0 fully saturated rings. The van der Waals surface area contributed by atoms with E-state index >= 15 is 0 Å². The molecule has 0 atom stereocenters. The van der Waals surface area contributed by atoms with Crippen LogP contribution in [0.2, 0.25) is 0 Å². The van der Waals surface area contributed by atoms with E-state index in [1.54, 1.807) is 12.4 Å². The van der Waals surface area contributed by atoms with Gasteiger partial charge in [0.2, 0.25) is 0 Å². The molecule has 3 heterocycles. The summed E-state index contributed by atoms with van der Waals surface area (Å²) in [7, 11) is 0. The van der Waals surface area contributed by atoms with Gasteiger partial charge >= 0.3 is 0 Å². The molecule has 5 heteroatoms. The molecule has 0 saturated heterocycles. The number of aryl methyl sites for hydroxylation is 2. The summed E-state index contributed by atoms with van der Waals surface area (Å²) in [5.74, 6) is 0. The molecule has 0 unspecified atom stereocenters. The lowest BCUT2D eigenvalue weighted by Gasteiger charge is -2.03. The zero-order valence-electron chi connectivity index (χ0n) is 15.1. The number of fused-ring (bicyclic) bond motifs is 2. The Balaban J connectivity index is 1.49. The summed E-state index contributed by atoms with van der Waals surface area (Å²) >= 11 is 0. The van der Waals surface area contributed by atoms with Gasteiger partial charge in [0.15, 0.2) is 5.58 Å². The van der Waals surface area contributed by atoms with Gasteiger partial charge in [-0.25, -0.2) is 0 Å². The van der Waals surface area contributed by atoms with Crippen LogP contribution in [0.25, 0.3) is 33.0 Å². The highest BCUT2D eigenvalue weighted by Crippen LogP contribution is 2.26. The predicted octanol–water partition coefficient (Wildman–Crippen LogP) is 4.45. The van der Waals surface area contributed by atoms with Crippen molar-refractivity contribution in [1.82, 2.24) is 14.7 Å². The lowest BCUT2D eigenvalue weighted by Crippen LogP contribution is -2.16. The molecule has 0 saturated carbocycles. The number of para-hydroxylation sites is 1. The first-order chi connectivity index (χ1) is 13.8. The predicted molar refractivity (Wildman–Crippen MR) is 109 cm³/mol. The highest BCUT2D eigenvalue weighted by Gasteiger charge is 2.14. The normalized spacial score (nSPS) is 11.3. The molecule has 0 bridgehead atoms. The van der Waals surface area contributed by atoms with Gasteiger partial charge in [-0.2, -0.15) is 4.74 Å². The molecule has 28 heavy (non-hydrogen) atoms. The van der Waals surface area contributed by atoms with E-state index in [1.165, 1.54) is 4.74 Å². The van der Waals surface area contributed by atoms with Crippen LogP contribution in [-0.4, -0.2) is 14.7 Å². The van der Waals surface area contributed by atoms with Crippen LogP contribution < -0.4 is 5.56 Å². The number of hydrogen-bond acceptors (Lipinski definition) is 4. The largest absolute Gasteiger partial charge is 0.376 e. The second-order valence-corrected chi connectivity index (χ2v) is 6.66. The second-order valence-electron chi connectivity index (χ2n) is 6.66. The Morgan fingerprint density at radius 1 is 0.893 bits per heavy atom. The van der Waals surface area contributed by atoms with Crippen molar-refractivity contribution >= 4 is 21.9 Å². The van der Waals surface area contributed by atoms with Crippen molar-refractivity contribution in [2.45, 2.75) is 13.0 Å². The number of hydrogen-bond donors (Lipinski definition) is 0. The third kappa shape index (κ3) is 2.87. The number of pyridine rings is 2. The number of rotatable bonds is 4. The topological polar surface area (TPSA) is 60.9 Å². The van der Waals surface area contributed by atoms with Crippen molar-refractivity contribution in [3.63, 3.8) is 0 Å². The standard InChI is InChI=1S/C23H17N3O2/c27-23-22-19(16-10-13-24-14-11-16)5-3-7-21(22)28-26(23)15-12-18-9-8-17-4-1-2-6-20(17)25-18/h1-11,13-14H,12,15H2. The van der Waals surface area contributed by atoms with Crippen LogP contribution in [0.3, 0.4) is 0 Å². The fourth-order valence-electron chi connectivity index (χ4n) is 3.50. The minimum Gasteiger partial charge on any atom is -0.376 e. The number of benzene rings is 2. The maximum absolute atomic E-state index is 13.0. The molecule has 3 aromatic heterocycles. The SMILES string of the molecule is O=c1c2c(-c3ccncc3)cccc2on1CCc1ccc2ccccc2n1. The van der Waals surface area contributed by atoms with E-state index in [-0.39, 0.29) is 5.56 Å². The zero-order chi connectivity index (χ0) is 18.9. The average Bonchev–Trinajstić information content (AvgIpc) is 3.08. The molecule has 0 N–H and O–H groups in total. The molecule has 5 aromatic rings. The van der Waals surface area contributed by atoms with E-state index < -0.39 is 0 Å². The summed E-state index contributed by atoms with van der Waals surface area (Å²) in [6, 6.07) is 21.5. The van der Waals surface area contributed by atoms with Crippen molar-refractivity contribution in [3.8, 4) is 11.1 Å². The van der Waals surface area contributed by atoms with E-state index in [2.05, 4.69) is 16.0 Å². The average molecular weight is 367 g/mol. The maximum Gasteiger partial charge on any atom is 0.291 e. The van der Waals surface area contributed by atoms with Crippen LogP contribution in [0, 0.1) is 0 Å². The maximum atomic E-state index is 13.0. The van der Waals surface area contributed by atoms with Crippen LogP contribution in [0.5, 0.6) is 0 Å². The van der Waals surface area contributed by atoms with Gasteiger partial charge in [0, 0.05) is 29.9 Å². The summed E-state index contributed by atoms with van der Waals surface area (Å²) in [5, 5.41) is 1.70. The van der Waals surface area contributed by atoms with Gasteiger partial charge in [-0.15, -0.1) is 0 Å². The third-order valence-electron chi connectivity index (χ3n) is 4.89. The third-order valence-corrected chi connectivity index (χ3v) is 4.89. The van der Waals surface area contributed by atoms with E-state index in [0.717, 1.165) is 27.7 Å². The Bertz CT molecular complexity index is 1340. The van der Waals surface area contributed by atoms with Gasteiger partial charge in [-0.1, -0.05) is 36.4 Å². The van der Waals surface area contributed by atoms with Gasteiger partial charge in [0.1, 0.15) is 0 Å². The first-order valence-corrected chi connectivity index (χ1v) is 9.17. The molecular formula is C23H17N3O2. The lowest BCUT2D eigenvalue weighted by atomic mass is 10.0. The van der Waals surface area contributed by atoms with Gasteiger partial charge in [0.25, 0.3) is 5.56 Å². The van der Waals surface area contributed by atoms with Crippen LogP contribution in [0.4, 0.5) is 0 Å². The monoisotopic (exact) mass is 367 g/mol. The van der Waals surface area contributed by atoms with Crippen molar-refractivity contribution in [2.75, 3.05) is 0 Å². The first-order valence-electron chi connectivity index (χ1n) is 9.17. The van der Waals surface area contributed by atoms with E-state index in [4.69, 9.17) is 4.52 Å². The Labute approximate surface area is 160 Å². The molecule has 0 aliphatic carbocycles. The molecule has 0 amide bonds. The van der Waals surface area contributed by atoms with E-state index in [0.29, 0.717) is 23.9 Å². The highest BCUT2D eigenvalue weighted by molar-refractivity contribution is 5.93. The zero-order valence-corrected chi connectivity index (χ0v) is 15.1. The number of aromatic nitrogens is 3. The molecule has 0 spiro atoms. The van der Waals surface area contributed by atoms with Crippen LogP contribution >= 0.6 is 0 Å². The molecule has 0 radical (unpaired) electrons. The van der Waals surface area contributed by atoms with Gasteiger partial charge in [0.05, 0.1) is 17.4 Å². The van der Waals surface area contributed by atoms with Gasteiger partial charge in [-0.05, 0) is 41.5 Å². The quantitative estimate of drug-likeness (QED) is 0.471. The Kier molecular flexibility index (Phi) is 3.98. The van der Waals surface area contributed by atoms with Crippen molar-refractivity contribution < 1.29 is 4.52 Å². The van der Waals surface area contributed by atoms with Crippen LogP contribution in [0.1, 0.15) is 5.69 Å². The minimum absolute atomic E-state index is 0.122. The molecular weight excluding hydrogens is 350 g/mol. The second kappa shape index (κ2) is 6.78. The minimum atomic E-state index is -0.122. The van der Waals surface area contributed by atoms with Crippen LogP contribution in [-0.2, 0) is 13.0 Å². The Morgan fingerprint density at radius 3 is 2.64 bits per heavy atom. The smallest absolute Gasteiger partial charge is 0.291 e. The van der Waals surface area contributed by atoms with Crippen molar-refractivity contribution in [3.05, 3.63) is 95.2 Å². The molecule has 0 aliphatic rings. The summed E-state index contributed by atoms with van der Waals surface area (Å²) in [6.07, 6.45) is 4.06. The van der Waals surface area contributed by atoms with Crippen molar-refractivity contribution in [2.24, 2.45) is 0 Å². The van der Waals surface area contributed by atoms with Gasteiger partial charge < -0.3 is 4.52 Å². The summed E-state index contributed by atoms with van der Waals surface area (Å²) < 4.78 is 7.25. The first kappa shape index (κ1) is 16.4. The van der Waals surface area contributed by atoms with Crippen molar-refractivity contribution in [1.29, 1.82) is 0 Å². The molecule has 5 rings (SSSR count). The Hall–Kier alpha value is -3.73. The molecule has 5 nitrogen and oxygen atoms in total. The summed E-state index contributed by atoms with van der Waals surface area (Å²) in [4.78, 5) is 21.7. The lowest BCUT2D eigenvalue weighted by molar-refractivity contribution is 0.282. The fourth-order valence-corrected chi connectivity index (χ4v) is 3.50. The van der Waals surface area contributed by atoms with Gasteiger partial charge in [-0.3, -0.25) is 14.8 Å². The Morgan fingerprint density at radius 2 is 1.75 bits per heavy atom. The van der Waals surface area contributed by atoms with E-state index in [1.807, 2.05) is 60.7 Å².